The number of rotatable bonds is 4. The van der Waals surface area contributed by atoms with Crippen LogP contribution in [-0.4, -0.2) is 4.57 Å². The summed E-state index contributed by atoms with van der Waals surface area (Å²) >= 11 is 0. The molecule has 0 saturated heterocycles. The van der Waals surface area contributed by atoms with Gasteiger partial charge in [0, 0.05) is 39.0 Å². The predicted molar refractivity (Wildman–Crippen MR) is 136 cm³/mol. The number of anilines is 2. The van der Waals surface area contributed by atoms with Crippen LogP contribution in [0.15, 0.2) is 121 Å². The summed E-state index contributed by atoms with van der Waals surface area (Å²) in [5.41, 5.74) is 6.17. The number of halogens is 1. The minimum absolute atomic E-state index is 0.253. The van der Waals surface area contributed by atoms with Crippen LogP contribution >= 0.6 is 0 Å². The first-order valence-electron chi connectivity index (χ1n) is 11.0. The van der Waals surface area contributed by atoms with E-state index in [1.54, 1.807) is 6.07 Å². The normalized spacial score (nSPS) is 11.2. The Kier molecular flexibility index (Phi) is 4.66. The molecular weight excluding hydrogens is 407 g/mol. The summed E-state index contributed by atoms with van der Waals surface area (Å²) in [6, 6.07) is 39.8. The molecule has 0 unspecified atom stereocenters. The zero-order valence-corrected chi connectivity index (χ0v) is 17.9. The zero-order valence-electron chi connectivity index (χ0n) is 17.9. The number of aromatic nitrogens is 1. The monoisotopic (exact) mass is 428 g/mol. The molecule has 0 fully saturated rings. The van der Waals surface area contributed by atoms with E-state index in [1.165, 1.54) is 0 Å². The van der Waals surface area contributed by atoms with Gasteiger partial charge >= 0.3 is 0 Å². The Balaban J connectivity index is 1.48. The van der Waals surface area contributed by atoms with Crippen molar-refractivity contribution in [3.8, 4) is 16.8 Å². The highest BCUT2D eigenvalue weighted by atomic mass is 19.1. The Labute approximate surface area is 191 Å². The van der Waals surface area contributed by atoms with E-state index in [0.29, 0.717) is 5.56 Å². The van der Waals surface area contributed by atoms with Crippen molar-refractivity contribution in [3.05, 3.63) is 127 Å². The van der Waals surface area contributed by atoms with Crippen molar-refractivity contribution in [1.82, 2.24) is 4.57 Å². The number of fused-ring (bicyclic) bond motifs is 3. The summed E-state index contributed by atoms with van der Waals surface area (Å²) in [6.45, 7) is 0. The van der Waals surface area contributed by atoms with E-state index in [9.17, 15) is 0 Å². The fraction of sp³-hybridized carbons (Fsp3) is 0. The predicted octanol–water partition coefficient (Wildman–Crippen LogP) is 8.33. The van der Waals surface area contributed by atoms with Gasteiger partial charge in [-0.1, -0.05) is 72.8 Å². The van der Waals surface area contributed by atoms with Gasteiger partial charge in [0.1, 0.15) is 5.82 Å². The number of nitrogens with one attached hydrogen (secondary N) is 1. The van der Waals surface area contributed by atoms with Crippen LogP contribution in [0.25, 0.3) is 38.6 Å². The van der Waals surface area contributed by atoms with E-state index >= 15 is 4.39 Å². The molecular formula is C30H21FN2. The van der Waals surface area contributed by atoms with E-state index in [-0.39, 0.29) is 5.82 Å². The molecule has 5 aromatic carbocycles. The van der Waals surface area contributed by atoms with Crippen LogP contribution in [0, 0.1) is 5.82 Å². The van der Waals surface area contributed by atoms with Gasteiger partial charge in [-0.15, -0.1) is 0 Å². The molecule has 0 amide bonds. The Morgan fingerprint density at radius 2 is 1.15 bits per heavy atom. The summed E-state index contributed by atoms with van der Waals surface area (Å²) in [5.74, 6) is -0.253. The van der Waals surface area contributed by atoms with Gasteiger partial charge in [0.05, 0.1) is 11.0 Å². The van der Waals surface area contributed by atoms with Gasteiger partial charge < -0.3 is 9.88 Å². The molecule has 0 radical (unpaired) electrons. The number of hydrogen-bond donors (Lipinski definition) is 1. The Hall–Kier alpha value is -4.37. The van der Waals surface area contributed by atoms with Gasteiger partial charge in [-0.3, -0.25) is 0 Å². The maximum absolute atomic E-state index is 15.6. The fourth-order valence-electron chi connectivity index (χ4n) is 4.57. The smallest absolute Gasteiger partial charge is 0.133 e. The molecule has 1 aromatic heterocycles. The first-order valence-corrected chi connectivity index (χ1v) is 11.0. The molecule has 6 rings (SSSR count). The third-order valence-corrected chi connectivity index (χ3v) is 6.06. The molecule has 0 atom stereocenters. The molecule has 0 aliphatic carbocycles. The highest BCUT2D eigenvalue weighted by Crippen LogP contribution is 2.35. The van der Waals surface area contributed by atoms with E-state index in [2.05, 4.69) is 34.1 Å². The molecule has 3 heteroatoms. The van der Waals surface area contributed by atoms with Crippen LogP contribution in [0.5, 0.6) is 0 Å². The standard InChI is InChI=1S/C30H21FN2/c31-27-20-22(33-29-16-8-5-13-25(29)26-14-6-9-17-30(26)33)18-19-23(27)24-12-4-7-15-28(24)32-21-10-2-1-3-11-21/h1-20,32H. The van der Waals surface area contributed by atoms with Crippen molar-refractivity contribution in [2.75, 3.05) is 5.32 Å². The van der Waals surface area contributed by atoms with E-state index < -0.39 is 0 Å². The molecule has 6 aromatic rings. The topological polar surface area (TPSA) is 17.0 Å². The Morgan fingerprint density at radius 1 is 0.545 bits per heavy atom. The molecule has 33 heavy (non-hydrogen) atoms. The number of hydrogen-bond acceptors (Lipinski definition) is 1. The lowest BCUT2D eigenvalue weighted by molar-refractivity contribution is 0.630. The molecule has 1 heterocycles. The summed E-state index contributed by atoms with van der Waals surface area (Å²) in [5, 5.41) is 5.74. The van der Waals surface area contributed by atoms with Gasteiger partial charge in [-0.25, -0.2) is 4.39 Å². The maximum atomic E-state index is 15.6. The van der Waals surface area contributed by atoms with Crippen LogP contribution in [0.3, 0.4) is 0 Å². The highest BCUT2D eigenvalue weighted by molar-refractivity contribution is 6.09. The first-order chi connectivity index (χ1) is 16.3. The summed E-state index contributed by atoms with van der Waals surface area (Å²) in [4.78, 5) is 0. The molecule has 158 valence electrons. The minimum atomic E-state index is -0.253. The van der Waals surface area contributed by atoms with Gasteiger partial charge in [0.2, 0.25) is 0 Å². The molecule has 0 bridgehead atoms. The quantitative estimate of drug-likeness (QED) is 0.299. The largest absolute Gasteiger partial charge is 0.355 e. The number of para-hydroxylation sites is 4. The van der Waals surface area contributed by atoms with Crippen molar-refractivity contribution >= 4 is 33.2 Å². The first kappa shape index (κ1) is 19.3. The van der Waals surface area contributed by atoms with Crippen LogP contribution in [0.1, 0.15) is 0 Å². The Morgan fingerprint density at radius 3 is 1.85 bits per heavy atom. The molecule has 1 N–H and O–H groups in total. The summed E-state index contributed by atoms with van der Waals surface area (Å²) in [7, 11) is 0. The SMILES string of the molecule is Fc1cc(-n2c3ccccc3c3ccccc32)ccc1-c1ccccc1Nc1ccccc1. The minimum Gasteiger partial charge on any atom is -0.355 e. The van der Waals surface area contributed by atoms with Gasteiger partial charge in [-0.2, -0.15) is 0 Å². The lowest BCUT2D eigenvalue weighted by Crippen LogP contribution is -1.98. The van der Waals surface area contributed by atoms with E-state index in [1.807, 2.05) is 91.0 Å². The second kappa shape index (κ2) is 7.95. The fourth-order valence-corrected chi connectivity index (χ4v) is 4.57. The van der Waals surface area contributed by atoms with Gasteiger partial charge in [-0.05, 0) is 48.5 Å². The molecule has 0 aliphatic heterocycles. The number of nitrogens with zero attached hydrogens (tertiary/aromatic N) is 1. The van der Waals surface area contributed by atoms with Crippen LogP contribution in [0.4, 0.5) is 15.8 Å². The van der Waals surface area contributed by atoms with Crippen molar-refractivity contribution in [2.24, 2.45) is 0 Å². The third-order valence-electron chi connectivity index (χ3n) is 6.06. The van der Waals surface area contributed by atoms with Crippen molar-refractivity contribution in [2.45, 2.75) is 0 Å². The van der Waals surface area contributed by atoms with E-state index in [4.69, 9.17) is 0 Å². The van der Waals surface area contributed by atoms with Crippen molar-refractivity contribution in [3.63, 3.8) is 0 Å². The van der Waals surface area contributed by atoms with Crippen molar-refractivity contribution < 1.29 is 4.39 Å². The molecule has 0 saturated carbocycles. The Bertz CT molecular complexity index is 1550. The lowest BCUT2D eigenvalue weighted by Gasteiger charge is -2.14. The average molecular weight is 429 g/mol. The average Bonchev–Trinajstić information content (AvgIpc) is 3.20. The molecule has 2 nitrogen and oxygen atoms in total. The lowest BCUT2D eigenvalue weighted by atomic mass is 10.0. The van der Waals surface area contributed by atoms with Crippen molar-refractivity contribution in [1.29, 1.82) is 0 Å². The van der Waals surface area contributed by atoms with Crippen LogP contribution in [0.2, 0.25) is 0 Å². The third kappa shape index (κ3) is 3.35. The summed E-state index contributed by atoms with van der Waals surface area (Å²) < 4.78 is 17.7. The zero-order chi connectivity index (χ0) is 22.2. The number of benzene rings is 5. The maximum Gasteiger partial charge on any atom is 0.133 e. The van der Waals surface area contributed by atoms with Crippen LogP contribution < -0.4 is 5.32 Å². The second-order valence-corrected chi connectivity index (χ2v) is 8.07. The summed E-state index contributed by atoms with van der Waals surface area (Å²) in [6.07, 6.45) is 0. The molecule has 0 aliphatic rings. The van der Waals surface area contributed by atoms with Gasteiger partial charge in [0.25, 0.3) is 0 Å². The van der Waals surface area contributed by atoms with Crippen LogP contribution in [-0.2, 0) is 0 Å². The molecule has 0 spiro atoms. The van der Waals surface area contributed by atoms with Gasteiger partial charge in [0.15, 0.2) is 0 Å². The van der Waals surface area contributed by atoms with E-state index in [0.717, 1.165) is 44.4 Å². The second-order valence-electron chi connectivity index (χ2n) is 8.07. The highest BCUT2D eigenvalue weighted by Gasteiger charge is 2.15.